The van der Waals surface area contributed by atoms with Crippen molar-refractivity contribution in [2.75, 3.05) is 21.3 Å². The van der Waals surface area contributed by atoms with Crippen molar-refractivity contribution in [3.05, 3.63) is 35.2 Å². The van der Waals surface area contributed by atoms with E-state index in [0.717, 1.165) is 10.4 Å². The molecule has 0 fully saturated rings. The number of carboxylic acids is 1. The quantitative estimate of drug-likeness (QED) is 0.779. The molecule has 9 nitrogen and oxygen atoms in total. The third-order valence-electron chi connectivity index (χ3n) is 3.45. The monoisotopic (exact) mass is 370 g/mol. The van der Waals surface area contributed by atoms with Crippen LogP contribution in [0.1, 0.15) is 21.8 Å². The summed E-state index contributed by atoms with van der Waals surface area (Å²) in [5.74, 6) is -0.822. The molecule has 1 N–H and O–H groups in total. The molecule has 25 heavy (non-hydrogen) atoms. The van der Waals surface area contributed by atoms with Crippen LogP contribution in [0.2, 0.25) is 0 Å². The molecule has 0 saturated heterocycles. The number of hydrogen-bond donors (Lipinski definition) is 1. The van der Waals surface area contributed by atoms with Crippen LogP contribution >= 0.6 is 0 Å². The molecule has 0 aliphatic heterocycles. The smallest absolute Gasteiger partial charge is 0.339 e. The molecule has 1 aromatic carbocycles. The number of methoxy groups -OCH3 is 2. The van der Waals surface area contributed by atoms with Crippen LogP contribution in [-0.4, -0.2) is 50.2 Å². The topological polar surface area (TPSA) is 119 Å². The molecule has 136 valence electrons. The van der Waals surface area contributed by atoms with Crippen molar-refractivity contribution in [2.45, 2.75) is 18.4 Å². The molecule has 0 bridgehead atoms. The fourth-order valence-corrected chi connectivity index (χ4v) is 3.42. The van der Waals surface area contributed by atoms with Gasteiger partial charge in [-0.3, -0.25) is 0 Å². The van der Waals surface area contributed by atoms with Crippen molar-refractivity contribution in [1.29, 1.82) is 0 Å². The standard InChI is InChI=1S/C15H18N2O7S/c1-9-5-10(16-24-9)8-17(2)25(20,21)11-6-12(15(18)19)14(23-4)13(7-11)22-3/h5-7H,8H2,1-4H3,(H,18,19). The van der Waals surface area contributed by atoms with Gasteiger partial charge < -0.3 is 19.1 Å². The zero-order valence-electron chi connectivity index (χ0n) is 14.1. The molecular formula is C15H18N2O7S. The van der Waals surface area contributed by atoms with E-state index < -0.39 is 16.0 Å². The Bertz CT molecular complexity index is 889. The fraction of sp³-hybridized carbons (Fsp3) is 0.333. The minimum atomic E-state index is -3.99. The maximum absolute atomic E-state index is 12.8. The van der Waals surface area contributed by atoms with Crippen molar-refractivity contribution >= 4 is 16.0 Å². The van der Waals surface area contributed by atoms with E-state index in [0.29, 0.717) is 11.5 Å². The summed E-state index contributed by atoms with van der Waals surface area (Å²) in [4.78, 5) is 11.2. The van der Waals surface area contributed by atoms with Crippen LogP contribution in [0.4, 0.5) is 0 Å². The van der Waals surface area contributed by atoms with Gasteiger partial charge in [-0.2, -0.15) is 4.31 Å². The number of aromatic nitrogens is 1. The highest BCUT2D eigenvalue weighted by molar-refractivity contribution is 7.89. The summed E-state index contributed by atoms with van der Waals surface area (Å²) in [6, 6.07) is 3.86. The summed E-state index contributed by atoms with van der Waals surface area (Å²) in [7, 11) is -0.0624. The highest BCUT2D eigenvalue weighted by Crippen LogP contribution is 2.35. The highest BCUT2D eigenvalue weighted by Gasteiger charge is 2.27. The lowest BCUT2D eigenvalue weighted by Crippen LogP contribution is -2.27. The molecule has 0 saturated carbocycles. The van der Waals surface area contributed by atoms with Crippen LogP contribution in [0, 0.1) is 6.92 Å². The number of rotatable bonds is 7. The number of hydrogen-bond acceptors (Lipinski definition) is 7. The Balaban J connectivity index is 2.47. The maximum atomic E-state index is 12.8. The van der Waals surface area contributed by atoms with Gasteiger partial charge in [0.05, 0.1) is 31.4 Å². The molecule has 2 rings (SSSR count). The summed E-state index contributed by atoms with van der Waals surface area (Å²) >= 11 is 0. The molecule has 0 radical (unpaired) electrons. The second-order valence-electron chi connectivity index (χ2n) is 5.20. The number of sulfonamides is 1. The van der Waals surface area contributed by atoms with Gasteiger partial charge >= 0.3 is 5.97 Å². The molecule has 0 unspecified atom stereocenters. The van der Waals surface area contributed by atoms with E-state index in [9.17, 15) is 18.3 Å². The predicted molar refractivity (Wildman–Crippen MR) is 86.4 cm³/mol. The van der Waals surface area contributed by atoms with Gasteiger partial charge in [-0.1, -0.05) is 5.16 Å². The summed E-state index contributed by atoms with van der Waals surface area (Å²) in [5.41, 5.74) is 0.119. The van der Waals surface area contributed by atoms with Gasteiger partial charge in [0.25, 0.3) is 0 Å². The number of aryl methyl sites for hydroxylation is 1. The van der Waals surface area contributed by atoms with Gasteiger partial charge in [0.15, 0.2) is 11.5 Å². The zero-order chi connectivity index (χ0) is 18.8. The first-order valence-electron chi connectivity index (χ1n) is 7.08. The van der Waals surface area contributed by atoms with E-state index in [1.54, 1.807) is 13.0 Å². The number of aromatic carboxylic acids is 1. The van der Waals surface area contributed by atoms with E-state index in [2.05, 4.69) is 5.16 Å². The van der Waals surface area contributed by atoms with E-state index in [1.807, 2.05) is 0 Å². The van der Waals surface area contributed by atoms with Gasteiger partial charge in [0, 0.05) is 19.2 Å². The van der Waals surface area contributed by atoms with Gasteiger partial charge in [-0.05, 0) is 13.0 Å². The molecule has 1 aromatic heterocycles. The Morgan fingerprint density at radius 2 is 1.96 bits per heavy atom. The minimum Gasteiger partial charge on any atom is -0.493 e. The van der Waals surface area contributed by atoms with Crippen molar-refractivity contribution in [1.82, 2.24) is 9.46 Å². The van der Waals surface area contributed by atoms with Crippen LogP contribution in [0.3, 0.4) is 0 Å². The van der Waals surface area contributed by atoms with Crippen molar-refractivity contribution in [3.63, 3.8) is 0 Å². The number of ether oxygens (including phenoxy) is 2. The van der Waals surface area contributed by atoms with Gasteiger partial charge in [0.1, 0.15) is 11.3 Å². The Kier molecular flexibility index (Phi) is 5.33. The Morgan fingerprint density at radius 1 is 1.28 bits per heavy atom. The van der Waals surface area contributed by atoms with Crippen LogP contribution in [0.25, 0.3) is 0 Å². The molecule has 10 heteroatoms. The van der Waals surface area contributed by atoms with Gasteiger partial charge in [-0.25, -0.2) is 13.2 Å². The van der Waals surface area contributed by atoms with Crippen LogP contribution in [-0.2, 0) is 16.6 Å². The molecule has 0 spiro atoms. The first kappa shape index (κ1) is 18.7. The number of nitrogens with zero attached hydrogens (tertiary/aromatic N) is 2. The SMILES string of the molecule is COc1cc(S(=O)(=O)N(C)Cc2cc(C)on2)cc(C(=O)O)c1OC. The average Bonchev–Trinajstić information content (AvgIpc) is 2.97. The van der Waals surface area contributed by atoms with Crippen LogP contribution < -0.4 is 9.47 Å². The predicted octanol–water partition coefficient (Wildman–Crippen LogP) is 1.52. The van der Waals surface area contributed by atoms with E-state index in [-0.39, 0.29) is 28.5 Å². The van der Waals surface area contributed by atoms with Crippen LogP contribution in [0.15, 0.2) is 27.6 Å². The first-order valence-corrected chi connectivity index (χ1v) is 8.52. The van der Waals surface area contributed by atoms with E-state index >= 15 is 0 Å². The Hall–Kier alpha value is -2.59. The number of carbonyl (C=O) groups is 1. The van der Waals surface area contributed by atoms with Crippen molar-refractivity contribution in [2.24, 2.45) is 0 Å². The molecular weight excluding hydrogens is 352 g/mol. The number of carboxylic acid groups (broad SMARTS) is 1. The second kappa shape index (κ2) is 7.11. The maximum Gasteiger partial charge on any atom is 0.339 e. The molecule has 0 amide bonds. The lowest BCUT2D eigenvalue weighted by molar-refractivity contribution is 0.0692. The highest BCUT2D eigenvalue weighted by atomic mass is 32.2. The third-order valence-corrected chi connectivity index (χ3v) is 5.23. The first-order chi connectivity index (χ1) is 11.7. The second-order valence-corrected chi connectivity index (χ2v) is 7.25. The summed E-state index contributed by atoms with van der Waals surface area (Å²) in [5, 5.41) is 13.1. The third kappa shape index (κ3) is 3.74. The normalized spacial score (nSPS) is 11.6. The Morgan fingerprint density at radius 3 is 2.44 bits per heavy atom. The summed E-state index contributed by atoms with van der Waals surface area (Å²) in [6.07, 6.45) is 0. The lowest BCUT2D eigenvalue weighted by Gasteiger charge is -2.18. The van der Waals surface area contributed by atoms with Crippen LogP contribution in [0.5, 0.6) is 11.5 Å². The van der Waals surface area contributed by atoms with Gasteiger partial charge in [-0.15, -0.1) is 0 Å². The molecule has 0 aliphatic carbocycles. The largest absolute Gasteiger partial charge is 0.493 e. The summed E-state index contributed by atoms with van der Waals surface area (Å²) in [6.45, 7) is 1.66. The van der Waals surface area contributed by atoms with Crippen molar-refractivity contribution < 1.29 is 32.3 Å². The lowest BCUT2D eigenvalue weighted by atomic mass is 10.2. The Labute approximate surface area is 144 Å². The van der Waals surface area contributed by atoms with Gasteiger partial charge in [0.2, 0.25) is 10.0 Å². The van der Waals surface area contributed by atoms with E-state index in [4.69, 9.17) is 14.0 Å². The fourth-order valence-electron chi connectivity index (χ4n) is 2.23. The van der Waals surface area contributed by atoms with E-state index in [1.165, 1.54) is 27.3 Å². The molecule has 1 heterocycles. The average molecular weight is 370 g/mol. The summed E-state index contributed by atoms with van der Waals surface area (Å²) < 4.78 is 41.6. The zero-order valence-corrected chi connectivity index (χ0v) is 15.0. The molecule has 0 aliphatic rings. The minimum absolute atomic E-state index is 0.00616. The molecule has 0 atom stereocenters. The molecule has 2 aromatic rings. The number of benzene rings is 1. The van der Waals surface area contributed by atoms with Crippen molar-refractivity contribution in [3.8, 4) is 11.5 Å².